The second-order valence-electron chi connectivity index (χ2n) is 6.50. The van der Waals surface area contributed by atoms with Crippen molar-refractivity contribution >= 4 is 5.91 Å². The van der Waals surface area contributed by atoms with E-state index >= 15 is 0 Å². The van der Waals surface area contributed by atoms with Crippen molar-refractivity contribution in [2.24, 2.45) is 23.0 Å². The molecule has 0 aliphatic heterocycles. The van der Waals surface area contributed by atoms with Crippen molar-refractivity contribution in [3.8, 4) is 0 Å². The molecule has 0 saturated heterocycles. The number of nitrogens with one attached hydrogen (secondary N) is 1. The monoisotopic (exact) mass is 240 g/mol. The Bertz CT molecular complexity index is 251. The van der Waals surface area contributed by atoms with Crippen molar-refractivity contribution < 1.29 is 4.79 Å². The van der Waals surface area contributed by atoms with E-state index in [1.165, 1.54) is 25.7 Å². The molecular weight excluding hydrogens is 212 g/mol. The summed E-state index contributed by atoms with van der Waals surface area (Å²) in [7, 11) is 0. The van der Waals surface area contributed by atoms with E-state index in [2.05, 4.69) is 19.2 Å². The van der Waals surface area contributed by atoms with Crippen LogP contribution in [0, 0.1) is 17.3 Å². The molecule has 0 spiro atoms. The molecule has 1 aliphatic rings. The summed E-state index contributed by atoms with van der Waals surface area (Å²) in [6.45, 7) is 9.27. The summed E-state index contributed by atoms with van der Waals surface area (Å²) >= 11 is 0. The molecule has 0 aromatic heterocycles. The number of rotatable bonds is 4. The molecule has 0 aromatic carbocycles. The van der Waals surface area contributed by atoms with E-state index in [1.807, 2.05) is 13.8 Å². The molecular formula is C14H28N2O. The van der Waals surface area contributed by atoms with Gasteiger partial charge >= 0.3 is 0 Å². The lowest BCUT2D eigenvalue weighted by molar-refractivity contribution is -0.125. The Hall–Kier alpha value is -0.570. The summed E-state index contributed by atoms with van der Waals surface area (Å²) in [4.78, 5) is 11.8. The molecule has 1 rings (SSSR count). The molecule has 3 N–H and O–H groups in total. The van der Waals surface area contributed by atoms with Gasteiger partial charge in [0.2, 0.25) is 5.91 Å². The van der Waals surface area contributed by atoms with Crippen LogP contribution < -0.4 is 11.1 Å². The van der Waals surface area contributed by atoms with Gasteiger partial charge in [0.1, 0.15) is 0 Å². The van der Waals surface area contributed by atoms with Crippen molar-refractivity contribution in [3.63, 3.8) is 0 Å². The Balaban J connectivity index is 2.26. The number of carbonyl (C=O) groups excluding carboxylic acids is 1. The van der Waals surface area contributed by atoms with Crippen LogP contribution in [0.15, 0.2) is 0 Å². The highest BCUT2D eigenvalue weighted by Crippen LogP contribution is 2.37. The number of amides is 1. The van der Waals surface area contributed by atoms with E-state index < -0.39 is 0 Å². The summed E-state index contributed by atoms with van der Waals surface area (Å²) in [5, 5.41) is 3.04. The maximum absolute atomic E-state index is 11.8. The van der Waals surface area contributed by atoms with Gasteiger partial charge in [-0.15, -0.1) is 0 Å². The first-order chi connectivity index (χ1) is 7.82. The minimum Gasteiger partial charge on any atom is -0.356 e. The normalized spacial score (nSPS) is 24.1. The predicted molar refractivity (Wildman–Crippen MR) is 71.6 cm³/mol. The van der Waals surface area contributed by atoms with Crippen LogP contribution >= 0.6 is 0 Å². The summed E-state index contributed by atoms with van der Waals surface area (Å²) in [6.07, 6.45) is 5.02. The quantitative estimate of drug-likeness (QED) is 0.792. The molecule has 2 unspecified atom stereocenters. The fourth-order valence-electron chi connectivity index (χ4n) is 2.31. The van der Waals surface area contributed by atoms with Crippen molar-refractivity contribution in [1.29, 1.82) is 0 Å². The topological polar surface area (TPSA) is 55.1 Å². The minimum absolute atomic E-state index is 0.0692. The van der Waals surface area contributed by atoms with Crippen molar-refractivity contribution in [2.75, 3.05) is 6.54 Å². The Morgan fingerprint density at radius 3 is 2.35 bits per heavy atom. The van der Waals surface area contributed by atoms with Gasteiger partial charge in [0.15, 0.2) is 0 Å². The Labute approximate surface area is 106 Å². The zero-order valence-corrected chi connectivity index (χ0v) is 11.8. The van der Waals surface area contributed by atoms with Gasteiger partial charge in [0.25, 0.3) is 0 Å². The van der Waals surface area contributed by atoms with E-state index in [1.54, 1.807) is 0 Å². The van der Waals surface area contributed by atoms with Gasteiger partial charge in [0, 0.05) is 18.5 Å². The smallest absolute Gasteiger partial charge is 0.224 e. The second kappa shape index (κ2) is 5.85. The molecule has 0 aromatic rings. The predicted octanol–water partition coefficient (Wildman–Crippen LogP) is 2.30. The summed E-state index contributed by atoms with van der Waals surface area (Å²) in [5.41, 5.74) is 6.22. The molecule has 0 bridgehead atoms. The molecule has 3 heteroatoms. The molecule has 3 nitrogen and oxygen atoms in total. The van der Waals surface area contributed by atoms with E-state index in [9.17, 15) is 4.79 Å². The van der Waals surface area contributed by atoms with E-state index in [-0.39, 0.29) is 17.9 Å². The molecule has 17 heavy (non-hydrogen) atoms. The first-order valence-corrected chi connectivity index (χ1v) is 6.85. The highest BCUT2D eigenvalue weighted by Gasteiger charge is 2.27. The Kier molecular flexibility index (Phi) is 4.99. The van der Waals surface area contributed by atoms with Gasteiger partial charge in [-0.25, -0.2) is 0 Å². The molecule has 0 radical (unpaired) electrons. The van der Waals surface area contributed by atoms with Gasteiger partial charge in [-0.1, -0.05) is 20.8 Å². The highest BCUT2D eigenvalue weighted by molar-refractivity contribution is 5.78. The third-order valence-corrected chi connectivity index (χ3v) is 4.23. The van der Waals surface area contributed by atoms with Crippen molar-refractivity contribution in [1.82, 2.24) is 5.32 Å². The number of hydrogen-bond acceptors (Lipinski definition) is 2. The standard InChI is InChI=1S/C14H28N2O/c1-10(11(2)15)13(17)16-9-12-5-7-14(3,4)8-6-12/h10-12H,5-9,15H2,1-4H3,(H,16,17). The lowest BCUT2D eigenvalue weighted by atomic mass is 9.73. The van der Waals surface area contributed by atoms with Crippen LogP contribution in [0.2, 0.25) is 0 Å². The largest absolute Gasteiger partial charge is 0.356 e. The van der Waals surface area contributed by atoms with Gasteiger partial charge in [-0.05, 0) is 43.9 Å². The molecule has 1 saturated carbocycles. The molecule has 100 valence electrons. The molecule has 2 atom stereocenters. The molecule has 1 fully saturated rings. The summed E-state index contributed by atoms with van der Waals surface area (Å²) < 4.78 is 0. The number of nitrogens with two attached hydrogens (primary N) is 1. The molecule has 1 amide bonds. The lowest BCUT2D eigenvalue weighted by Crippen LogP contribution is -2.41. The van der Waals surface area contributed by atoms with E-state index in [0.717, 1.165) is 6.54 Å². The average Bonchev–Trinajstić information content (AvgIpc) is 2.26. The zero-order valence-electron chi connectivity index (χ0n) is 11.8. The Morgan fingerprint density at radius 2 is 1.88 bits per heavy atom. The van der Waals surface area contributed by atoms with Gasteiger partial charge in [-0.2, -0.15) is 0 Å². The average molecular weight is 240 g/mol. The maximum atomic E-state index is 11.8. The van der Waals surface area contributed by atoms with Crippen molar-refractivity contribution in [3.05, 3.63) is 0 Å². The first kappa shape index (κ1) is 14.5. The second-order valence-corrected chi connectivity index (χ2v) is 6.50. The van der Waals surface area contributed by atoms with Crippen LogP contribution in [-0.4, -0.2) is 18.5 Å². The van der Waals surface area contributed by atoms with Gasteiger partial charge in [0.05, 0.1) is 0 Å². The van der Waals surface area contributed by atoms with Crippen LogP contribution in [0.4, 0.5) is 0 Å². The summed E-state index contributed by atoms with van der Waals surface area (Å²) in [5.74, 6) is 0.673. The first-order valence-electron chi connectivity index (χ1n) is 6.85. The zero-order chi connectivity index (χ0) is 13.1. The van der Waals surface area contributed by atoms with Crippen molar-refractivity contribution in [2.45, 2.75) is 59.4 Å². The Morgan fingerprint density at radius 1 is 1.35 bits per heavy atom. The van der Waals surface area contributed by atoms with E-state index in [4.69, 9.17) is 5.73 Å². The van der Waals surface area contributed by atoms with Gasteiger partial charge in [-0.3, -0.25) is 4.79 Å². The van der Waals surface area contributed by atoms with E-state index in [0.29, 0.717) is 11.3 Å². The third-order valence-electron chi connectivity index (χ3n) is 4.23. The highest BCUT2D eigenvalue weighted by atomic mass is 16.1. The molecule has 1 aliphatic carbocycles. The maximum Gasteiger partial charge on any atom is 0.224 e. The lowest BCUT2D eigenvalue weighted by Gasteiger charge is -2.34. The fraction of sp³-hybridized carbons (Fsp3) is 0.929. The van der Waals surface area contributed by atoms with Crippen LogP contribution in [0.3, 0.4) is 0 Å². The minimum atomic E-state index is -0.0879. The van der Waals surface area contributed by atoms with Crippen LogP contribution in [0.1, 0.15) is 53.4 Å². The fourth-order valence-corrected chi connectivity index (χ4v) is 2.31. The van der Waals surface area contributed by atoms with Gasteiger partial charge < -0.3 is 11.1 Å². The number of carbonyl (C=O) groups is 1. The van der Waals surface area contributed by atoms with Crippen LogP contribution in [-0.2, 0) is 4.79 Å². The van der Waals surface area contributed by atoms with Crippen LogP contribution in [0.25, 0.3) is 0 Å². The van der Waals surface area contributed by atoms with Crippen LogP contribution in [0.5, 0.6) is 0 Å². The number of hydrogen-bond donors (Lipinski definition) is 2. The SMILES string of the molecule is CC(N)C(C)C(=O)NCC1CCC(C)(C)CC1. The molecule has 0 heterocycles. The summed E-state index contributed by atoms with van der Waals surface area (Å²) in [6, 6.07) is -0.0692. The third kappa shape index (κ3) is 4.66.